The smallest absolute Gasteiger partial charge is 0.290 e. The number of anilines is 1. The van der Waals surface area contributed by atoms with E-state index < -0.39 is 17.2 Å². The van der Waals surface area contributed by atoms with E-state index in [4.69, 9.17) is 19.4 Å². The Bertz CT molecular complexity index is 708. The summed E-state index contributed by atoms with van der Waals surface area (Å²) in [7, 11) is 0. The van der Waals surface area contributed by atoms with Gasteiger partial charge in [-0.3, -0.25) is 9.59 Å². The molecule has 2 aliphatic rings. The van der Waals surface area contributed by atoms with Crippen molar-refractivity contribution in [1.82, 2.24) is 10.3 Å². The summed E-state index contributed by atoms with van der Waals surface area (Å²) in [6, 6.07) is 6.01. The molecular formula is C21H33N3O6. The van der Waals surface area contributed by atoms with Crippen LogP contribution in [-0.2, 0) is 19.1 Å². The number of aryl methyl sites for hydroxylation is 1. The number of hydrogen-bond donors (Lipinski definition) is 3. The minimum absolute atomic E-state index is 0.0134. The number of piperidine rings is 1. The van der Waals surface area contributed by atoms with Gasteiger partial charge in [0.2, 0.25) is 5.91 Å². The molecular weight excluding hydrogens is 390 g/mol. The van der Waals surface area contributed by atoms with Gasteiger partial charge in [0.15, 0.2) is 0 Å². The normalized spacial score (nSPS) is 25.2. The van der Waals surface area contributed by atoms with E-state index in [2.05, 4.69) is 15.2 Å². The highest BCUT2D eigenvalue weighted by atomic mass is 16.5. The van der Waals surface area contributed by atoms with Crippen molar-refractivity contribution < 1.29 is 29.3 Å². The largest absolute Gasteiger partial charge is 0.483 e. The predicted molar refractivity (Wildman–Crippen MR) is 111 cm³/mol. The fraction of sp³-hybridized carbons (Fsp3) is 0.667. The molecule has 3 N–H and O–H groups in total. The van der Waals surface area contributed by atoms with Gasteiger partial charge in [0, 0.05) is 32.0 Å². The first-order chi connectivity index (χ1) is 14.3. The third kappa shape index (κ3) is 5.68. The van der Waals surface area contributed by atoms with E-state index in [0.717, 1.165) is 24.6 Å². The molecule has 2 aliphatic heterocycles. The average Bonchev–Trinajstić information content (AvgIpc) is 2.72. The molecule has 0 bridgehead atoms. The quantitative estimate of drug-likeness (QED) is 0.603. The summed E-state index contributed by atoms with van der Waals surface area (Å²) < 4.78 is 11.3. The Morgan fingerprint density at radius 2 is 2.07 bits per heavy atom. The summed E-state index contributed by atoms with van der Waals surface area (Å²) in [6.07, 6.45) is 1.20. The first-order valence-electron chi connectivity index (χ1n) is 10.3. The first-order valence-corrected chi connectivity index (χ1v) is 10.3. The van der Waals surface area contributed by atoms with Crippen LogP contribution in [0.25, 0.3) is 0 Å². The van der Waals surface area contributed by atoms with Crippen molar-refractivity contribution in [3.8, 4) is 0 Å². The molecule has 0 saturated carbocycles. The number of aliphatic hydroxyl groups is 1. The number of rotatable bonds is 5. The van der Waals surface area contributed by atoms with Crippen molar-refractivity contribution in [2.75, 3.05) is 37.8 Å². The lowest BCUT2D eigenvalue weighted by molar-refractivity contribution is -0.198. The molecule has 0 unspecified atom stereocenters. The number of carbonyl (C=O) groups excluding carboxylic acids is 1. The van der Waals surface area contributed by atoms with E-state index in [-0.39, 0.29) is 19.0 Å². The lowest BCUT2D eigenvalue weighted by Gasteiger charge is -2.53. The number of nitrogens with one attached hydrogen (secondary N) is 1. The molecule has 9 heteroatoms. The van der Waals surface area contributed by atoms with Crippen LogP contribution in [0.2, 0.25) is 0 Å². The summed E-state index contributed by atoms with van der Waals surface area (Å²) in [5.74, 6) is 0.764. The number of ether oxygens (including phenoxy) is 2. The monoisotopic (exact) mass is 423 g/mol. The van der Waals surface area contributed by atoms with Crippen molar-refractivity contribution in [2.24, 2.45) is 0 Å². The third-order valence-electron chi connectivity index (χ3n) is 5.78. The summed E-state index contributed by atoms with van der Waals surface area (Å²) in [5, 5.41) is 21.0. The Morgan fingerprint density at radius 3 is 2.67 bits per heavy atom. The van der Waals surface area contributed by atoms with Crippen molar-refractivity contribution in [2.45, 2.75) is 57.3 Å². The third-order valence-corrected chi connectivity index (χ3v) is 5.78. The molecule has 1 aromatic heterocycles. The predicted octanol–water partition coefficient (Wildman–Crippen LogP) is 1.12. The van der Waals surface area contributed by atoms with Gasteiger partial charge >= 0.3 is 0 Å². The van der Waals surface area contributed by atoms with Gasteiger partial charge in [-0.25, -0.2) is 4.98 Å². The van der Waals surface area contributed by atoms with Gasteiger partial charge in [-0.2, -0.15) is 0 Å². The minimum atomic E-state index is -0.767. The van der Waals surface area contributed by atoms with E-state index in [1.807, 2.05) is 39.0 Å². The number of pyridine rings is 1. The van der Waals surface area contributed by atoms with Crippen LogP contribution < -0.4 is 10.2 Å². The number of carbonyl (C=O) groups is 2. The topological polar surface area (TPSA) is 121 Å². The summed E-state index contributed by atoms with van der Waals surface area (Å²) in [6.45, 7) is 8.03. The maximum absolute atomic E-state index is 12.2. The number of amides is 1. The van der Waals surface area contributed by atoms with Crippen molar-refractivity contribution in [3.05, 3.63) is 23.9 Å². The van der Waals surface area contributed by atoms with Crippen LogP contribution in [0.15, 0.2) is 18.2 Å². The summed E-state index contributed by atoms with van der Waals surface area (Å²) in [5.41, 5.74) is -0.353. The number of hydrogen-bond acceptors (Lipinski definition) is 7. The fourth-order valence-corrected chi connectivity index (χ4v) is 4.18. The molecule has 1 aromatic rings. The zero-order valence-corrected chi connectivity index (χ0v) is 18.0. The highest BCUT2D eigenvalue weighted by Crippen LogP contribution is 2.40. The molecule has 2 atom stereocenters. The Balaban J connectivity index is 0.00000101. The number of aliphatic hydroxyl groups excluding tert-OH is 1. The zero-order chi connectivity index (χ0) is 22.2. The van der Waals surface area contributed by atoms with E-state index >= 15 is 0 Å². The molecule has 9 nitrogen and oxygen atoms in total. The second-order valence-corrected chi connectivity index (χ2v) is 7.90. The molecule has 2 fully saturated rings. The summed E-state index contributed by atoms with van der Waals surface area (Å²) in [4.78, 5) is 27.3. The van der Waals surface area contributed by atoms with Crippen LogP contribution in [0.5, 0.6) is 0 Å². The summed E-state index contributed by atoms with van der Waals surface area (Å²) >= 11 is 0. The number of aromatic nitrogens is 1. The van der Waals surface area contributed by atoms with E-state index in [1.165, 1.54) is 0 Å². The molecule has 1 amide bonds. The van der Waals surface area contributed by atoms with Crippen molar-refractivity contribution in [1.29, 1.82) is 0 Å². The van der Waals surface area contributed by atoms with Crippen molar-refractivity contribution >= 4 is 18.2 Å². The second-order valence-electron chi connectivity index (χ2n) is 7.90. The maximum Gasteiger partial charge on any atom is 0.290 e. The van der Waals surface area contributed by atoms with Gasteiger partial charge in [0.05, 0.1) is 11.1 Å². The van der Waals surface area contributed by atoms with Crippen LogP contribution in [0.1, 0.15) is 38.8 Å². The lowest BCUT2D eigenvalue weighted by atomic mass is 9.73. The van der Waals surface area contributed by atoms with E-state index in [1.54, 1.807) is 0 Å². The molecule has 30 heavy (non-hydrogen) atoms. The Labute approximate surface area is 177 Å². The van der Waals surface area contributed by atoms with Gasteiger partial charge in [-0.15, -0.1) is 0 Å². The van der Waals surface area contributed by atoms with Gasteiger partial charge in [0.1, 0.15) is 18.5 Å². The van der Waals surface area contributed by atoms with E-state index in [0.29, 0.717) is 32.5 Å². The number of nitrogens with zero attached hydrogens (tertiary/aromatic N) is 2. The van der Waals surface area contributed by atoms with Gasteiger partial charge in [0.25, 0.3) is 6.47 Å². The van der Waals surface area contributed by atoms with Gasteiger partial charge in [-0.05, 0) is 52.2 Å². The van der Waals surface area contributed by atoms with Crippen LogP contribution >= 0.6 is 0 Å². The zero-order valence-electron chi connectivity index (χ0n) is 18.0. The molecule has 0 radical (unpaired) electrons. The van der Waals surface area contributed by atoms with Crippen LogP contribution in [-0.4, -0.2) is 77.7 Å². The highest BCUT2D eigenvalue weighted by molar-refractivity contribution is 5.78. The molecule has 3 rings (SSSR count). The Morgan fingerprint density at radius 1 is 1.40 bits per heavy atom. The highest BCUT2D eigenvalue weighted by Gasteiger charge is 2.53. The average molecular weight is 424 g/mol. The minimum Gasteiger partial charge on any atom is -0.483 e. The second kappa shape index (κ2) is 10.7. The van der Waals surface area contributed by atoms with Crippen LogP contribution in [0.4, 0.5) is 5.82 Å². The first kappa shape index (κ1) is 24.0. The molecule has 0 aliphatic carbocycles. The van der Waals surface area contributed by atoms with Gasteiger partial charge in [-0.1, -0.05) is 6.07 Å². The standard InChI is InChI=1S/C20H31N3O4.CH2O2/c1-4-26-14-17(24)22-19(3)10-13-27-20(18(19)25)8-11-23(12-9-20)16-7-5-6-15(2)21-16;2-1-3/h5-7,18,25H,4,8-14H2,1-3H3,(H,22,24);1H,(H,2,3)/t18-,19+;/m1./s1. The Kier molecular flexibility index (Phi) is 8.57. The SMILES string of the molecule is CCOCC(=O)N[C@@]1(C)CCOC2(CCN(c3cccc(C)n3)CC2)[C@@H]1O.O=CO. The van der Waals surface area contributed by atoms with Crippen LogP contribution in [0, 0.1) is 6.92 Å². The fourth-order valence-electron chi connectivity index (χ4n) is 4.18. The molecule has 0 aromatic carbocycles. The molecule has 3 heterocycles. The maximum atomic E-state index is 12.2. The molecule has 168 valence electrons. The molecule has 2 saturated heterocycles. The Hall–Kier alpha value is -2.23. The molecule has 1 spiro atoms. The van der Waals surface area contributed by atoms with E-state index in [9.17, 15) is 9.90 Å². The lowest BCUT2D eigenvalue weighted by Crippen LogP contribution is -2.69. The van der Waals surface area contributed by atoms with Crippen LogP contribution in [0.3, 0.4) is 0 Å². The van der Waals surface area contributed by atoms with Gasteiger partial charge < -0.3 is 29.9 Å². The number of carboxylic acid groups (broad SMARTS) is 1. The van der Waals surface area contributed by atoms with Crippen molar-refractivity contribution in [3.63, 3.8) is 0 Å².